The highest BCUT2D eigenvalue weighted by atomic mass is 19.4. The molecule has 0 aliphatic heterocycles. The normalized spacial score (nSPS) is 22.1. The number of aryl methyl sites for hydroxylation is 1. The molecular weight excluding hydrogens is 337 g/mol. The molecule has 4 heteroatoms. The van der Waals surface area contributed by atoms with Gasteiger partial charge in [-0.1, -0.05) is 26.0 Å². The summed E-state index contributed by atoms with van der Waals surface area (Å²) in [4.78, 5) is 11.9. The Morgan fingerprint density at radius 3 is 2.54 bits per heavy atom. The van der Waals surface area contributed by atoms with E-state index >= 15 is 0 Å². The van der Waals surface area contributed by atoms with Crippen LogP contribution < -0.4 is 0 Å². The van der Waals surface area contributed by atoms with Gasteiger partial charge >= 0.3 is 6.18 Å². The molecule has 0 spiro atoms. The van der Waals surface area contributed by atoms with Crippen LogP contribution in [0, 0.1) is 11.8 Å². The molecule has 2 rings (SSSR count). The zero-order valence-corrected chi connectivity index (χ0v) is 16.0. The molecule has 0 N–H and O–H groups in total. The highest BCUT2D eigenvalue weighted by molar-refractivity contribution is 5.78. The second kappa shape index (κ2) is 8.88. The van der Waals surface area contributed by atoms with E-state index in [4.69, 9.17) is 0 Å². The lowest BCUT2D eigenvalue weighted by molar-refractivity contribution is -0.137. The van der Waals surface area contributed by atoms with Crippen LogP contribution in [0.5, 0.6) is 0 Å². The van der Waals surface area contributed by atoms with Gasteiger partial charge in [0, 0.05) is 5.92 Å². The van der Waals surface area contributed by atoms with Gasteiger partial charge in [-0.05, 0) is 86.6 Å². The molecule has 144 valence electrons. The Morgan fingerprint density at radius 2 is 1.96 bits per heavy atom. The minimum atomic E-state index is -4.32. The molecule has 26 heavy (non-hydrogen) atoms. The third-order valence-corrected chi connectivity index (χ3v) is 5.64. The van der Waals surface area contributed by atoms with Crippen molar-refractivity contribution in [3.63, 3.8) is 0 Å². The Labute approximate surface area is 154 Å². The van der Waals surface area contributed by atoms with Crippen LogP contribution in [0.4, 0.5) is 13.2 Å². The summed E-state index contributed by atoms with van der Waals surface area (Å²) in [7, 11) is 0. The van der Waals surface area contributed by atoms with Gasteiger partial charge in [-0.2, -0.15) is 13.2 Å². The summed E-state index contributed by atoms with van der Waals surface area (Å²) in [5.74, 6) is 0.764. The molecule has 0 fully saturated rings. The fraction of sp³-hybridized carbons (Fsp3) is 0.591. The van der Waals surface area contributed by atoms with Crippen molar-refractivity contribution in [2.45, 2.75) is 71.9 Å². The van der Waals surface area contributed by atoms with E-state index < -0.39 is 11.7 Å². The van der Waals surface area contributed by atoms with E-state index in [0.29, 0.717) is 5.92 Å². The van der Waals surface area contributed by atoms with E-state index in [-0.39, 0.29) is 11.7 Å². The molecule has 0 bridgehead atoms. The molecule has 1 aromatic rings. The highest BCUT2D eigenvalue weighted by Crippen LogP contribution is 2.37. The molecule has 1 aliphatic rings. The zero-order valence-electron chi connectivity index (χ0n) is 16.0. The number of halogens is 3. The van der Waals surface area contributed by atoms with Crippen LogP contribution in [0.2, 0.25) is 0 Å². The fourth-order valence-corrected chi connectivity index (χ4v) is 4.23. The van der Waals surface area contributed by atoms with Gasteiger partial charge in [0.15, 0.2) is 0 Å². The number of benzene rings is 1. The van der Waals surface area contributed by atoms with E-state index in [1.165, 1.54) is 12.1 Å². The van der Waals surface area contributed by atoms with Gasteiger partial charge in [-0.15, -0.1) is 0 Å². The summed E-state index contributed by atoms with van der Waals surface area (Å²) in [6.45, 7) is 5.71. The lowest BCUT2D eigenvalue weighted by Crippen LogP contribution is -2.22. The van der Waals surface area contributed by atoms with Crippen LogP contribution in [-0.4, -0.2) is 5.78 Å². The first-order chi connectivity index (χ1) is 12.3. The van der Waals surface area contributed by atoms with Gasteiger partial charge in [-0.3, -0.25) is 4.79 Å². The number of rotatable bonds is 5. The summed E-state index contributed by atoms with van der Waals surface area (Å²) < 4.78 is 39.4. The summed E-state index contributed by atoms with van der Waals surface area (Å²) in [5, 5.41) is 0. The Kier molecular flexibility index (Phi) is 7.08. The molecule has 0 heterocycles. The van der Waals surface area contributed by atoms with E-state index in [1.807, 2.05) is 6.92 Å². The van der Waals surface area contributed by atoms with Crippen molar-refractivity contribution in [2.75, 3.05) is 0 Å². The molecule has 1 aromatic carbocycles. The summed E-state index contributed by atoms with van der Waals surface area (Å²) in [6, 6.07) is 4.11. The highest BCUT2D eigenvalue weighted by Gasteiger charge is 2.31. The topological polar surface area (TPSA) is 17.1 Å². The van der Waals surface area contributed by atoms with Gasteiger partial charge in [0.05, 0.1) is 5.56 Å². The predicted molar refractivity (Wildman–Crippen MR) is 99.8 cm³/mol. The molecule has 0 saturated heterocycles. The number of alkyl halides is 3. The maximum absolute atomic E-state index is 13.1. The smallest absolute Gasteiger partial charge is 0.300 e. The number of ketones is 1. The van der Waals surface area contributed by atoms with Crippen molar-refractivity contribution in [1.29, 1.82) is 0 Å². The Morgan fingerprint density at radius 1 is 1.23 bits per heavy atom. The summed E-state index contributed by atoms with van der Waals surface area (Å²) in [6.07, 6.45) is 3.79. The third kappa shape index (κ3) is 4.99. The Bertz CT molecular complexity index is 658. The number of carbonyl (C=O) groups is 1. The number of allylic oxidation sites excluding steroid dienone is 2. The van der Waals surface area contributed by atoms with Crippen molar-refractivity contribution in [3.8, 4) is 0 Å². The van der Waals surface area contributed by atoms with Crippen molar-refractivity contribution in [2.24, 2.45) is 11.8 Å². The predicted octanol–water partition coefficient (Wildman–Crippen LogP) is 6.85. The van der Waals surface area contributed by atoms with Gasteiger partial charge in [-0.25, -0.2) is 0 Å². The average molecular weight is 366 g/mol. The lowest BCUT2D eigenvalue weighted by atomic mass is 9.78. The molecule has 2 unspecified atom stereocenters. The monoisotopic (exact) mass is 366 g/mol. The number of Topliss-reactive ketones (excluding diaryl/α,β-unsaturated/α-hetero) is 1. The summed E-state index contributed by atoms with van der Waals surface area (Å²) in [5.41, 5.74) is 2.17. The maximum atomic E-state index is 13.1. The van der Waals surface area contributed by atoms with E-state index in [9.17, 15) is 18.0 Å². The average Bonchev–Trinajstić information content (AvgIpc) is 2.55. The SMILES string of the molecule is CCc1ccc(C(F)(F)F)cc1/C1=C\CCC(C(CC)C(C)=O)CCC1. The van der Waals surface area contributed by atoms with Crippen molar-refractivity contribution >= 4 is 11.4 Å². The molecule has 0 amide bonds. The minimum Gasteiger partial charge on any atom is -0.300 e. The molecule has 0 radical (unpaired) electrons. The number of hydrogen-bond donors (Lipinski definition) is 0. The zero-order chi connectivity index (χ0) is 19.3. The van der Waals surface area contributed by atoms with Gasteiger partial charge in [0.25, 0.3) is 0 Å². The molecular formula is C22H29F3O. The quantitative estimate of drug-likeness (QED) is 0.557. The Hall–Kier alpha value is -1.58. The second-order valence-electron chi connectivity index (χ2n) is 7.31. The third-order valence-electron chi connectivity index (χ3n) is 5.64. The summed E-state index contributed by atoms with van der Waals surface area (Å²) >= 11 is 0. The van der Waals surface area contributed by atoms with Crippen LogP contribution in [0.3, 0.4) is 0 Å². The van der Waals surface area contributed by atoms with Crippen molar-refractivity contribution in [1.82, 2.24) is 0 Å². The van der Waals surface area contributed by atoms with E-state index in [1.54, 1.807) is 13.0 Å². The van der Waals surface area contributed by atoms with Crippen molar-refractivity contribution in [3.05, 3.63) is 41.0 Å². The minimum absolute atomic E-state index is 0.115. The maximum Gasteiger partial charge on any atom is 0.416 e. The first kappa shape index (κ1) is 20.7. The molecule has 1 aliphatic carbocycles. The van der Waals surface area contributed by atoms with Crippen LogP contribution in [-0.2, 0) is 17.4 Å². The van der Waals surface area contributed by atoms with E-state index in [2.05, 4.69) is 13.0 Å². The van der Waals surface area contributed by atoms with Crippen molar-refractivity contribution < 1.29 is 18.0 Å². The number of hydrogen-bond acceptors (Lipinski definition) is 1. The second-order valence-corrected chi connectivity index (χ2v) is 7.31. The molecule has 1 nitrogen and oxygen atoms in total. The molecule has 0 aromatic heterocycles. The van der Waals surface area contributed by atoms with Crippen LogP contribution in [0.15, 0.2) is 24.3 Å². The standard InChI is InChI=1S/C22H29F3O/c1-4-16-12-13-19(22(23,24)25)14-21(16)18-10-6-8-17(9-7-11-18)20(5-2)15(3)26/h10,12-14,17,20H,4-9,11H2,1-3H3/b18-10-. The molecule has 2 atom stereocenters. The lowest BCUT2D eigenvalue weighted by Gasteiger charge is -2.26. The van der Waals surface area contributed by atoms with Crippen LogP contribution in [0.1, 0.15) is 76.0 Å². The van der Waals surface area contributed by atoms with Crippen LogP contribution in [0.25, 0.3) is 5.57 Å². The number of carbonyl (C=O) groups excluding carboxylic acids is 1. The first-order valence-electron chi connectivity index (χ1n) is 9.67. The van der Waals surface area contributed by atoms with Gasteiger partial charge < -0.3 is 0 Å². The fourth-order valence-electron chi connectivity index (χ4n) is 4.23. The van der Waals surface area contributed by atoms with E-state index in [0.717, 1.165) is 61.6 Å². The van der Waals surface area contributed by atoms with Gasteiger partial charge in [0.1, 0.15) is 5.78 Å². The largest absolute Gasteiger partial charge is 0.416 e. The van der Waals surface area contributed by atoms with Crippen LogP contribution >= 0.6 is 0 Å². The molecule has 0 saturated carbocycles. The Balaban J connectivity index is 2.26. The first-order valence-corrected chi connectivity index (χ1v) is 9.67. The van der Waals surface area contributed by atoms with Gasteiger partial charge in [0.2, 0.25) is 0 Å².